The van der Waals surface area contributed by atoms with E-state index in [0.717, 1.165) is 17.1 Å². The van der Waals surface area contributed by atoms with E-state index in [1.165, 1.54) is 13.0 Å². The van der Waals surface area contributed by atoms with Crippen LogP contribution in [-0.2, 0) is 4.79 Å². The summed E-state index contributed by atoms with van der Waals surface area (Å²) < 4.78 is 5.82. The molecule has 1 saturated heterocycles. The van der Waals surface area contributed by atoms with Crippen molar-refractivity contribution in [3.63, 3.8) is 0 Å². The van der Waals surface area contributed by atoms with Gasteiger partial charge in [0.25, 0.3) is 11.1 Å². The van der Waals surface area contributed by atoms with Crippen LogP contribution in [0.5, 0.6) is 0 Å². The van der Waals surface area contributed by atoms with Crippen LogP contribution in [0.4, 0.5) is 4.79 Å². The minimum absolute atomic E-state index is 0.0246. The van der Waals surface area contributed by atoms with Crippen LogP contribution in [0.2, 0.25) is 0 Å². The molecule has 0 unspecified atom stereocenters. The van der Waals surface area contributed by atoms with Gasteiger partial charge < -0.3 is 4.42 Å². The van der Waals surface area contributed by atoms with Crippen LogP contribution in [0.15, 0.2) is 52.0 Å². The van der Waals surface area contributed by atoms with Gasteiger partial charge in [0.05, 0.1) is 10.5 Å². The number of amides is 2. The molecule has 1 N–H and O–H groups in total. The molecule has 0 aliphatic carbocycles. The summed E-state index contributed by atoms with van der Waals surface area (Å²) in [7, 11) is 0. The van der Waals surface area contributed by atoms with Crippen molar-refractivity contribution >= 4 is 45.7 Å². The van der Waals surface area contributed by atoms with E-state index in [9.17, 15) is 14.4 Å². The number of nitrogens with one attached hydrogen (secondary N) is 1. The Morgan fingerprint density at radius 2 is 2.07 bits per heavy atom. The zero-order valence-corrected chi connectivity index (χ0v) is 15.4. The maximum atomic E-state index is 11.7. The average Bonchev–Trinajstić information content (AvgIpc) is 3.22. The number of aromatic nitrogens is 1. The van der Waals surface area contributed by atoms with E-state index in [-0.39, 0.29) is 10.7 Å². The van der Waals surface area contributed by atoms with Crippen molar-refractivity contribution < 1.29 is 18.8 Å². The van der Waals surface area contributed by atoms with Gasteiger partial charge in [-0.3, -0.25) is 24.7 Å². The van der Waals surface area contributed by atoms with Crippen molar-refractivity contribution in [2.75, 3.05) is 0 Å². The molecule has 1 aromatic carbocycles. The van der Waals surface area contributed by atoms with Gasteiger partial charge in [0.1, 0.15) is 5.76 Å². The summed E-state index contributed by atoms with van der Waals surface area (Å²) in [5.41, 5.74) is 2.41. The molecule has 3 heterocycles. The van der Waals surface area contributed by atoms with Gasteiger partial charge in [-0.15, -0.1) is 0 Å². The highest BCUT2D eigenvalue weighted by atomic mass is 32.2. The predicted molar refractivity (Wildman–Crippen MR) is 106 cm³/mol. The van der Waals surface area contributed by atoms with Crippen LogP contribution >= 0.6 is 11.8 Å². The van der Waals surface area contributed by atoms with Gasteiger partial charge in [-0.25, -0.2) is 0 Å². The van der Waals surface area contributed by atoms with E-state index in [2.05, 4.69) is 22.1 Å². The zero-order chi connectivity index (χ0) is 19.7. The third kappa shape index (κ3) is 3.59. The molecule has 0 radical (unpaired) electrons. The van der Waals surface area contributed by atoms with Gasteiger partial charge in [0.15, 0.2) is 11.4 Å². The molecule has 2 amide bonds. The standard InChI is InChI=1S/C21H12N2O4S/c1-12(24)14-4-2-3-13(7-14)5-6-15-10-22-11-16-8-17(27-19(15)16)9-18-20(25)23-21(26)28-18/h2-4,7-11H,1H3,(H,23,25,26)/b18-9+. The van der Waals surface area contributed by atoms with Crippen molar-refractivity contribution in [2.24, 2.45) is 0 Å². The van der Waals surface area contributed by atoms with E-state index < -0.39 is 11.1 Å². The van der Waals surface area contributed by atoms with Crippen molar-refractivity contribution in [1.82, 2.24) is 10.3 Å². The smallest absolute Gasteiger partial charge is 0.290 e. The van der Waals surface area contributed by atoms with Crippen molar-refractivity contribution in [3.05, 3.63) is 70.1 Å². The monoisotopic (exact) mass is 388 g/mol. The number of hydrogen-bond acceptors (Lipinski definition) is 6. The Kier molecular flexibility index (Phi) is 4.55. The Labute approximate surface area is 164 Å². The number of imide groups is 1. The minimum Gasteiger partial charge on any atom is -0.455 e. The number of Topliss-reactive ketones (excluding diaryl/α,β-unsaturated/α-hetero) is 1. The van der Waals surface area contributed by atoms with E-state index in [0.29, 0.717) is 28.0 Å². The first kappa shape index (κ1) is 17.8. The molecule has 0 saturated carbocycles. The maximum Gasteiger partial charge on any atom is 0.290 e. The molecule has 6 nitrogen and oxygen atoms in total. The third-order valence-corrected chi connectivity index (χ3v) is 4.78. The van der Waals surface area contributed by atoms with E-state index in [1.54, 1.807) is 36.7 Å². The van der Waals surface area contributed by atoms with E-state index in [1.807, 2.05) is 6.07 Å². The summed E-state index contributed by atoms with van der Waals surface area (Å²) >= 11 is 0.824. The fourth-order valence-electron chi connectivity index (χ4n) is 2.65. The topological polar surface area (TPSA) is 89.3 Å². The molecule has 1 fully saturated rings. The number of hydrogen-bond donors (Lipinski definition) is 1. The Morgan fingerprint density at radius 3 is 2.82 bits per heavy atom. The number of benzene rings is 1. The molecule has 0 spiro atoms. The van der Waals surface area contributed by atoms with E-state index >= 15 is 0 Å². The molecule has 1 aliphatic rings. The summed E-state index contributed by atoms with van der Waals surface area (Å²) in [5, 5.41) is 2.52. The summed E-state index contributed by atoms with van der Waals surface area (Å²) in [4.78, 5) is 38.9. The maximum absolute atomic E-state index is 11.7. The largest absolute Gasteiger partial charge is 0.455 e. The number of carbonyl (C=O) groups is 3. The Balaban J connectivity index is 1.70. The lowest BCUT2D eigenvalue weighted by Gasteiger charge is -1.96. The Hall–Kier alpha value is -3.63. The molecule has 0 atom stereocenters. The van der Waals surface area contributed by atoms with Gasteiger partial charge in [-0.1, -0.05) is 24.0 Å². The van der Waals surface area contributed by atoms with Crippen LogP contribution in [-0.4, -0.2) is 21.9 Å². The van der Waals surface area contributed by atoms with Crippen LogP contribution in [0.3, 0.4) is 0 Å². The van der Waals surface area contributed by atoms with Gasteiger partial charge in [-0.05, 0) is 36.9 Å². The first-order valence-corrected chi connectivity index (χ1v) is 9.07. The quantitative estimate of drug-likeness (QED) is 0.409. The second-order valence-corrected chi connectivity index (χ2v) is 7.01. The SMILES string of the molecule is CC(=O)c1cccc(C#Cc2cncc3cc(/C=C4/SC(=O)NC4=O)oc23)c1. The number of nitrogens with zero attached hydrogens (tertiary/aromatic N) is 1. The number of fused-ring (bicyclic) bond motifs is 1. The highest BCUT2D eigenvalue weighted by molar-refractivity contribution is 8.18. The lowest BCUT2D eigenvalue weighted by atomic mass is 10.1. The second kappa shape index (κ2) is 7.18. The lowest BCUT2D eigenvalue weighted by Crippen LogP contribution is -2.17. The molecule has 0 bridgehead atoms. The van der Waals surface area contributed by atoms with Crippen molar-refractivity contribution in [3.8, 4) is 11.8 Å². The van der Waals surface area contributed by atoms with Crippen LogP contribution < -0.4 is 5.32 Å². The summed E-state index contributed by atoms with van der Waals surface area (Å²) in [6.45, 7) is 1.51. The van der Waals surface area contributed by atoms with E-state index in [4.69, 9.17) is 4.42 Å². The number of rotatable bonds is 2. The van der Waals surface area contributed by atoms with Crippen molar-refractivity contribution in [1.29, 1.82) is 0 Å². The molecule has 28 heavy (non-hydrogen) atoms. The number of carbonyl (C=O) groups excluding carboxylic acids is 3. The van der Waals surface area contributed by atoms with Crippen LogP contribution in [0.1, 0.15) is 34.2 Å². The van der Waals surface area contributed by atoms with Gasteiger partial charge >= 0.3 is 0 Å². The highest BCUT2D eigenvalue weighted by Crippen LogP contribution is 2.28. The summed E-state index contributed by atoms with van der Waals surface area (Å²) in [6, 6.07) is 8.80. The number of ketones is 1. The highest BCUT2D eigenvalue weighted by Gasteiger charge is 2.25. The van der Waals surface area contributed by atoms with Gasteiger partial charge in [0.2, 0.25) is 0 Å². The van der Waals surface area contributed by atoms with Gasteiger partial charge in [-0.2, -0.15) is 0 Å². The van der Waals surface area contributed by atoms with Crippen LogP contribution in [0, 0.1) is 11.8 Å². The van der Waals surface area contributed by atoms with Gasteiger partial charge in [0, 0.05) is 35.0 Å². The number of thioether (sulfide) groups is 1. The first-order valence-electron chi connectivity index (χ1n) is 8.25. The minimum atomic E-state index is -0.445. The molecule has 4 rings (SSSR count). The second-order valence-electron chi connectivity index (χ2n) is 5.99. The molecule has 1 aliphatic heterocycles. The molecular weight excluding hydrogens is 376 g/mol. The van der Waals surface area contributed by atoms with Crippen LogP contribution in [0.25, 0.3) is 17.0 Å². The zero-order valence-electron chi connectivity index (χ0n) is 14.6. The molecular formula is C21H12N2O4S. The fraction of sp³-hybridized carbons (Fsp3) is 0.0476. The molecule has 136 valence electrons. The van der Waals surface area contributed by atoms with Crippen molar-refractivity contribution in [2.45, 2.75) is 6.92 Å². The third-order valence-electron chi connectivity index (χ3n) is 3.97. The predicted octanol–water partition coefficient (Wildman–Crippen LogP) is 3.75. The lowest BCUT2D eigenvalue weighted by molar-refractivity contribution is -0.115. The molecule has 7 heteroatoms. The Morgan fingerprint density at radius 1 is 1.21 bits per heavy atom. The number of pyridine rings is 1. The Bertz CT molecular complexity index is 1240. The fourth-order valence-corrected chi connectivity index (χ4v) is 3.31. The normalized spacial score (nSPS) is 14.8. The summed E-state index contributed by atoms with van der Waals surface area (Å²) in [5.74, 6) is 5.99. The average molecular weight is 388 g/mol. The molecule has 2 aromatic heterocycles. The summed E-state index contributed by atoms with van der Waals surface area (Å²) in [6.07, 6.45) is 4.74. The number of furan rings is 1. The first-order chi connectivity index (χ1) is 13.5. The molecule has 3 aromatic rings.